The summed E-state index contributed by atoms with van der Waals surface area (Å²) >= 11 is 3.43. The van der Waals surface area contributed by atoms with Gasteiger partial charge in [-0.05, 0) is 38.0 Å². The molecule has 0 bridgehead atoms. The van der Waals surface area contributed by atoms with Gasteiger partial charge in [0.05, 0.1) is 0 Å². The summed E-state index contributed by atoms with van der Waals surface area (Å²) in [5.74, 6) is -0.127. The molecule has 1 N–H and O–H groups in total. The van der Waals surface area contributed by atoms with E-state index in [1.54, 1.807) is 11.8 Å². The summed E-state index contributed by atoms with van der Waals surface area (Å²) in [4.78, 5) is 26.2. The molecule has 1 rings (SSSR count). The highest BCUT2D eigenvalue weighted by molar-refractivity contribution is 9.10. The number of hydrogen-bond donors (Lipinski definition) is 1. The van der Waals surface area contributed by atoms with Crippen molar-refractivity contribution in [2.75, 3.05) is 0 Å². The topological polar surface area (TPSA) is 49.4 Å². The molecular weight excluding hydrogens is 344 g/mol. The molecule has 0 aromatic heterocycles. The number of rotatable bonds is 7. The van der Waals surface area contributed by atoms with Crippen molar-refractivity contribution in [1.29, 1.82) is 0 Å². The van der Waals surface area contributed by atoms with Crippen LogP contribution in [0.3, 0.4) is 0 Å². The second-order valence-corrected chi connectivity index (χ2v) is 6.41. The van der Waals surface area contributed by atoms with Gasteiger partial charge in [0.15, 0.2) is 0 Å². The zero-order valence-electron chi connectivity index (χ0n) is 13.7. The normalized spacial score (nSPS) is 13.3. The Hall–Kier alpha value is -1.36. The third-order valence-electron chi connectivity index (χ3n) is 3.71. The molecule has 1 aromatic rings. The van der Waals surface area contributed by atoms with E-state index in [0.717, 1.165) is 16.5 Å². The van der Waals surface area contributed by atoms with Crippen molar-refractivity contribution < 1.29 is 9.59 Å². The molecule has 4 nitrogen and oxygen atoms in total. The van der Waals surface area contributed by atoms with Crippen LogP contribution in [0.5, 0.6) is 0 Å². The Morgan fingerprint density at radius 3 is 2.50 bits per heavy atom. The van der Waals surface area contributed by atoms with Crippen molar-refractivity contribution in [1.82, 2.24) is 10.2 Å². The highest BCUT2D eigenvalue weighted by Crippen LogP contribution is 2.16. The maximum Gasteiger partial charge on any atom is 0.242 e. The first kappa shape index (κ1) is 18.7. The van der Waals surface area contributed by atoms with Gasteiger partial charge in [-0.15, -0.1) is 0 Å². The Kier molecular flexibility index (Phi) is 7.59. The van der Waals surface area contributed by atoms with Gasteiger partial charge in [-0.2, -0.15) is 0 Å². The molecule has 0 spiro atoms. The van der Waals surface area contributed by atoms with E-state index in [0.29, 0.717) is 13.0 Å². The fourth-order valence-corrected chi connectivity index (χ4v) is 2.53. The van der Waals surface area contributed by atoms with E-state index in [9.17, 15) is 9.59 Å². The van der Waals surface area contributed by atoms with Crippen LogP contribution in [0, 0.1) is 0 Å². The smallest absolute Gasteiger partial charge is 0.242 e. The van der Waals surface area contributed by atoms with Gasteiger partial charge < -0.3 is 10.2 Å². The molecule has 0 unspecified atom stereocenters. The van der Waals surface area contributed by atoms with Crippen LogP contribution in [0.2, 0.25) is 0 Å². The number of carbonyl (C=O) groups is 2. The molecular formula is C17H25BrN2O2. The summed E-state index contributed by atoms with van der Waals surface area (Å²) in [7, 11) is 0. The van der Waals surface area contributed by atoms with Crippen LogP contribution in [0.25, 0.3) is 0 Å². The second kappa shape index (κ2) is 8.93. The number of nitrogens with one attached hydrogen (secondary N) is 1. The van der Waals surface area contributed by atoms with Crippen molar-refractivity contribution in [3.05, 3.63) is 34.3 Å². The standard InChI is InChI=1S/C17H25BrN2O2/c1-5-12(3)19-17(22)13(4)20(16(21)6-2)11-14-8-7-9-15(18)10-14/h7-10,12-13H,5-6,11H2,1-4H3,(H,19,22)/t12-,13-/m0/s1. The van der Waals surface area contributed by atoms with E-state index < -0.39 is 6.04 Å². The van der Waals surface area contributed by atoms with E-state index in [1.807, 2.05) is 45.0 Å². The summed E-state index contributed by atoms with van der Waals surface area (Å²) in [6.07, 6.45) is 1.25. The molecule has 0 aliphatic heterocycles. The van der Waals surface area contributed by atoms with Gasteiger partial charge >= 0.3 is 0 Å². The summed E-state index contributed by atoms with van der Waals surface area (Å²) in [6, 6.07) is 7.42. The minimum absolute atomic E-state index is 0.0215. The number of benzene rings is 1. The molecule has 0 heterocycles. The van der Waals surface area contributed by atoms with E-state index in [1.165, 1.54) is 0 Å². The van der Waals surface area contributed by atoms with Crippen LogP contribution >= 0.6 is 15.9 Å². The lowest BCUT2D eigenvalue weighted by molar-refractivity contribution is -0.140. The van der Waals surface area contributed by atoms with Gasteiger partial charge in [-0.3, -0.25) is 9.59 Å². The maximum atomic E-state index is 12.3. The van der Waals surface area contributed by atoms with Crippen LogP contribution in [-0.4, -0.2) is 28.8 Å². The van der Waals surface area contributed by atoms with Crippen LogP contribution < -0.4 is 5.32 Å². The SMILES string of the molecule is CCC(=O)N(Cc1cccc(Br)c1)[C@@H](C)C(=O)N[C@@H](C)CC. The molecule has 0 saturated carbocycles. The zero-order valence-corrected chi connectivity index (χ0v) is 15.3. The summed E-state index contributed by atoms with van der Waals surface area (Å²) < 4.78 is 0.964. The largest absolute Gasteiger partial charge is 0.352 e. The van der Waals surface area contributed by atoms with E-state index in [4.69, 9.17) is 0 Å². The first-order chi connectivity index (χ1) is 10.4. The molecule has 2 amide bonds. The van der Waals surface area contributed by atoms with Gasteiger partial charge in [0, 0.05) is 23.5 Å². The summed E-state index contributed by atoms with van der Waals surface area (Å²) in [5, 5.41) is 2.94. The van der Waals surface area contributed by atoms with E-state index >= 15 is 0 Å². The Labute approximate surface area is 141 Å². The average molecular weight is 369 g/mol. The van der Waals surface area contributed by atoms with Gasteiger partial charge in [0.1, 0.15) is 6.04 Å². The van der Waals surface area contributed by atoms with Gasteiger partial charge in [-0.1, -0.05) is 41.9 Å². The van der Waals surface area contributed by atoms with Crippen molar-refractivity contribution in [3.63, 3.8) is 0 Å². The average Bonchev–Trinajstić information content (AvgIpc) is 2.51. The molecule has 0 fully saturated rings. The van der Waals surface area contributed by atoms with Crippen LogP contribution in [0.15, 0.2) is 28.7 Å². The Morgan fingerprint density at radius 2 is 1.95 bits per heavy atom. The molecule has 0 aliphatic rings. The second-order valence-electron chi connectivity index (χ2n) is 5.50. The number of halogens is 1. The molecule has 1 aromatic carbocycles. The molecule has 0 saturated heterocycles. The monoisotopic (exact) mass is 368 g/mol. The molecule has 0 radical (unpaired) electrons. The highest BCUT2D eigenvalue weighted by Gasteiger charge is 2.25. The van der Waals surface area contributed by atoms with E-state index in [2.05, 4.69) is 21.2 Å². The Morgan fingerprint density at radius 1 is 1.27 bits per heavy atom. The van der Waals surface area contributed by atoms with Crippen LogP contribution in [0.4, 0.5) is 0 Å². The van der Waals surface area contributed by atoms with Gasteiger partial charge in [0.25, 0.3) is 0 Å². The van der Waals surface area contributed by atoms with Crippen molar-refractivity contribution >= 4 is 27.7 Å². The predicted molar refractivity (Wildman–Crippen MR) is 92.3 cm³/mol. The Bertz CT molecular complexity index is 519. The van der Waals surface area contributed by atoms with Crippen molar-refractivity contribution in [3.8, 4) is 0 Å². The predicted octanol–water partition coefficient (Wildman–Crippen LogP) is 3.49. The van der Waals surface area contributed by atoms with Crippen molar-refractivity contribution in [2.24, 2.45) is 0 Å². The quantitative estimate of drug-likeness (QED) is 0.800. The van der Waals surface area contributed by atoms with Gasteiger partial charge in [-0.25, -0.2) is 0 Å². The van der Waals surface area contributed by atoms with Gasteiger partial charge in [0.2, 0.25) is 11.8 Å². The van der Waals surface area contributed by atoms with Crippen LogP contribution in [0.1, 0.15) is 46.1 Å². The number of hydrogen-bond acceptors (Lipinski definition) is 2. The first-order valence-corrected chi connectivity index (χ1v) is 8.52. The lowest BCUT2D eigenvalue weighted by Crippen LogP contribution is -2.49. The molecule has 22 heavy (non-hydrogen) atoms. The van der Waals surface area contributed by atoms with Crippen LogP contribution in [-0.2, 0) is 16.1 Å². The zero-order chi connectivity index (χ0) is 16.7. The lowest BCUT2D eigenvalue weighted by Gasteiger charge is -2.29. The molecule has 0 aliphatic carbocycles. The van der Waals surface area contributed by atoms with E-state index in [-0.39, 0.29) is 17.9 Å². The number of nitrogens with zero attached hydrogens (tertiary/aromatic N) is 1. The Balaban J connectivity index is 2.88. The minimum Gasteiger partial charge on any atom is -0.352 e. The maximum absolute atomic E-state index is 12.3. The highest BCUT2D eigenvalue weighted by atomic mass is 79.9. The first-order valence-electron chi connectivity index (χ1n) is 7.73. The fraction of sp³-hybridized carbons (Fsp3) is 0.529. The summed E-state index contributed by atoms with van der Waals surface area (Å²) in [5.41, 5.74) is 0.999. The number of carbonyl (C=O) groups excluding carboxylic acids is 2. The summed E-state index contributed by atoms with van der Waals surface area (Å²) in [6.45, 7) is 8.01. The molecule has 122 valence electrons. The number of amides is 2. The minimum atomic E-state index is -0.486. The third-order valence-corrected chi connectivity index (χ3v) is 4.21. The molecule has 2 atom stereocenters. The molecule has 5 heteroatoms. The fourth-order valence-electron chi connectivity index (χ4n) is 2.08. The van der Waals surface area contributed by atoms with Crippen molar-refractivity contribution in [2.45, 2.75) is 59.2 Å². The lowest BCUT2D eigenvalue weighted by atomic mass is 10.1. The third kappa shape index (κ3) is 5.44.